The molecule has 5 nitrogen and oxygen atoms in total. The fourth-order valence-corrected chi connectivity index (χ4v) is 5.50. The predicted molar refractivity (Wildman–Crippen MR) is 143 cm³/mol. The summed E-state index contributed by atoms with van der Waals surface area (Å²) in [5.74, 6) is -0.414. The Morgan fingerprint density at radius 1 is 1.08 bits per heavy atom. The molecule has 1 amide bonds. The van der Waals surface area contributed by atoms with Crippen LogP contribution in [0.2, 0.25) is 0 Å². The summed E-state index contributed by atoms with van der Waals surface area (Å²) in [5, 5.41) is 9.92. The van der Waals surface area contributed by atoms with E-state index < -0.39 is 17.8 Å². The molecule has 192 valence electrons. The van der Waals surface area contributed by atoms with E-state index in [0.717, 1.165) is 61.4 Å². The number of amides is 1. The van der Waals surface area contributed by atoms with E-state index in [-0.39, 0.29) is 24.2 Å². The van der Waals surface area contributed by atoms with Gasteiger partial charge in [-0.15, -0.1) is 0 Å². The number of hydrogen-bond acceptors (Lipinski definition) is 3. The lowest BCUT2D eigenvalue weighted by Gasteiger charge is -2.29. The summed E-state index contributed by atoms with van der Waals surface area (Å²) in [5.41, 5.74) is 3.16. The van der Waals surface area contributed by atoms with E-state index in [1.807, 2.05) is 48.5 Å². The normalized spacial score (nSPS) is 20.8. The van der Waals surface area contributed by atoms with Gasteiger partial charge >= 0.3 is 6.18 Å². The molecular weight excluding hydrogens is 613 g/mol. The molecule has 1 aromatic heterocycles. The number of allylic oxidation sites excluding steroid dienone is 1. The van der Waals surface area contributed by atoms with Crippen molar-refractivity contribution in [2.75, 3.05) is 0 Å². The summed E-state index contributed by atoms with van der Waals surface area (Å²) < 4.78 is 42.5. The summed E-state index contributed by atoms with van der Waals surface area (Å²) in [7, 11) is 0. The lowest BCUT2D eigenvalue weighted by molar-refractivity contribution is -0.142. The number of benzene rings is 2. The Balaban J connectivity index is 1.51. The standard InChI is InChI=1S/C27H23Br2F3N4O/c1-16-13-23(27(30,31)32)33-35(16)15-24(37)36-26(18-7-11-21(29)12-8-18)22-4-2-3-19(25(22)34-36)14-17-5-9-20(28)10-6-17/h5-14,22,26H,2-4,15H2,1H3/b19-14+/t22-,26-/m1/s1. The molecule has 2 aromatic carbocycles. The Morgan fingerprint density at radius 2 is 1.73 bits per heavy atom. The lowest BCUT2D eigenvalue weighted by atomic mass is 9.77. The molecule has 1 aliphatic heterocycles. The van der Waals surface area contributed by atoms with Gasteiger partial charge in [0.25, 0.3) is 5.91 Å². The van der Waals surface area contributed by atoms with Gasteiger partial charge in [0, 0.05) is 20.6 Å². The van der Waals surface area contributed by atoms with Crippen molar-refractivity contribution in [1.82, 2.24) is 14.8 Å². The predicted octanol–water partition coefficient (Wildman–Crippen LogP) is 7.56. The molecule has 37 heavy (non-hydrogen) atoms. The number of hydrazone groups is 1. The van der Waals surface area contributed by atoms with Gasteiger partial charge in [0.1, 0.15) is 6.54 Å². The zero-order valence-electron chi connectivity index (χ0n) is 19.8. The van der Waals surface area contributed by atoms with Crippen LogP contribution in [0.15, 0.2) is 74.2 Å². The molecule has 0 bridgehead atoms. The number of hydrogen-bond donors (Lipinski definition) is 0. The molecule has 3 aromatic rings. The van der Waals surface area contributed by atoms with E-state index in [1.165, 1.54) is 11.9 Å². The second-order valence-electron chi connectivity index (χ2n) is 9.27. The van der Waals surface area contributed by atoms with Gasteiger partial charge < -0.3 is 0 Å². The highest BCUT2D eigenvalue weighted by Crippen LogP contribution is 2.44. The quantitative estimate of drug-likeness (QED) is 0.297. The van der Waals surface area contributed by atoms with Gasteiger partial charge in [-0.1, -0.05) is 56.1 Å². The summed E-state index contributed by atoms with van der Waals surface area (Å²) >= 11 is 6.93. The van der Waals surface area contributed by atoms with Crippen LogP contribution >= 0.6 is 31.9 Å². The Hall–Kier alpha value is -2.72. The maximum Gasteiger partial charge on any atom is 0.435 e. The van der Waals surface area contributed by atoms with Crippen molar-refractivity contribution in [3.05, 3.63) is 91.6 Å². The molecule has 1 aliphatic carbocycles. The Bertz CT molecular complexity index is 1380. The third-order valence-electron chi connectivity index (χ3n) is 6.74. The van der Waals surface area contributed by atoms with Gasteiger partial charge in [0.2, 0.25) is 0 Å². The van der Waals surface area contributed by atoms with E-state index in [1.54, 1.807) is 0 Å². The summed E-state index contributed by atoms with van der Waals surface area (Å²) in [6.07, 6.45) is 0.188. The smallest absolute Gasteiger partial charge is 0.271 e. The topological polar surface area (TPSA) is 50.5 Å². The number of carbonyl (C=O) groups excluding carboxylic acids is 1. The second-order valence-corrected chi connectivity index (χ2v) is 11.1. The molecule has 0 radical (unpaired) electrons. The number of aromatic nitrogens is 2. The van der Waals surface area contributed by atoms with Crippen molar-refractivity contribution >= 4 is 49.6 Å². The summed E-state index contributed by atoms with van der Waals surface area (Å²) in [6, 6.07) is 16.4. The average Bonchev–Trinajstić information content (AvgIpc) is 3.43. The summed E-state index contributed by atoms with van der Waals surface area (Å²) in [4.78, 5) is 13.6. The fraction of sp³-hybridized carbons (Fsp3) is 0.296. The molecule has 2 aliphatic rings. The molecule has 0 spiro atoms. The number of fused-ring (bicyclic) bond motifs is 1. The van der Waals surface area contributed by atoms with Gasteiger partial charge in [-0.05, 0) is 79.3 Å². The van der Waals surface area contributed by atoms with Crippen LogP contribution < -0.4 is 0 Å². The Kier molecular flexibility index (Phi) is 7.15. The minimum atomic E-state index is -4.57. The first-order chi connectivity index (χ1) is 17.6. The number of halogens is 5. The van der Waals surface area contributed by atoms with E-state index in [9.17, 15) is 18.0 Å². The molecule has 2 atom stereocenters. The van der Waals surface area contributed by atoms with Gasteiger partial charge in [-0.2, -0.15) is 23.4 Å². The van der Waals surface area contributed by atoms with Crippen LogP contribution in [-0.2, 0) is 17.5 Å². The maximum absolute atomic E-state index is 13.6. The summed E-state index contributed by atoms with van der Waals surface area (Å²) in [6.45, 7) is 1.18. The van der Waals surface area contributed by atoms with E-state index >= 15 is 0 Å². The zero-order chi connectivity index (χ0) is 26.3. The van der Waals surface area contributed by atoms with Crippen LogP contribution in [-0.4, -0.2) is 26.4 Å². The van der Waals surface area contributed by atoms with Crippen LogP contribution in [0.1, 0.15) is 47.8 Å². The van der Waals surface area contributed by atoms with Crippen molar-refractivity contribution in [3.63, 3.8) is 0 Å². The van der Waals surface area contributed by atoms with Crippen LogP contribution in [0.25, 0.3) is 6.08 Å². The monoisotopic (exact) mass is 634 g/mol. The highest BCUT2D eigenvalue weighted by molar-refractivity contribution is 9.10. The molecule has 1 saturated carbocycles. The molecule has 0 saturated heterocycles. The van der Waals surface area contributed by atoms with Crippen LogP contribution in [0.5, 0.6) is 0 Å². The zero-order valence-corrected chi connectivity index (χ0v) is 23.0. The van der Waals surface area contributed by atoms with Gasteiger partial charge in [-0.25, -0.2) is 5.01 Å². The lowest BCUT2D eigenvalue weighted by Crippen LogP contribution is -2.34. The third-order valence-corrected chi connectivity index (χ3v) is 7.79. The Morgan fingerprint density at radius 3 is 2.35 bits per heavy atom. The number of rotatable bonds is 4. The molecule has 5 rings (SSSR count). The number of aryl methyl sites for hydroxylation is 1. The second kappa shape index (κ2) is 10.2. The van der Waals surface area contributed by atoms with E-state index in [2.05, 4.69) is 43.0 Å². The maximum atomic E-state index is 13.6. The highest BCUT2D eigenvalue weighted by atomic mass is 79.9. The first kappa shape index (κ1) is 25.9. The van der Waals surface area contributed by atoms with Crippen molar-refractivity contribution in [2.24, 2.45) is 11.0 Å². The van der Waals surface area contributed by atoms with Crippen molar-refractivity contribution in [3.8, 4) is 0 Å². The molecule has 2 heterocycles. The average molecular weight is 636 g/mol. The molecule has 10 heteroatoms. The first-order valence-electron chi connectivity index (χ1n) is 11.8. The molecule has 0 unspecified atom stereocenters. The van der Waals surface area contributed by atoms with Crippen molar-refractivity contribution in [1.29, 1.82) is 0 Å². The van der Waals surface area contributed by atoms with Crippen LogP contribution in [0.3, 0.4) is 0 Å². The Labute approximate surface area is 229 Å². The van der Waals surface area contributed by atoms with Crippen molar-refractivity contribution in [2.45, 2.75) is 44.9 Å². The number of alkyl halides is 3. The van der Waals surface area contributed by atoms with Gasteiger partial charge in [0.15, 0.2) is 5.69 Å². The SMILES string of the molecule is Cc1cc(C(F)(F)F)nn1CC(=O)N1N=C2/C(=C/c3ccc(Br)cc3)CCC[C@H]2[C@H]1c1ccc(Br)cc1. The minimum absolute atomic E-state index is 0.00923. The van der Waals surface area contributed by atoms with Gasteiger partial charge in [-0.3, -0.25) is 9.48 Å². The fourth-order valence-electron chi connectivity index (χ4n) is 4.97. The molecule has 1 fully saturated rings. The highest BCUT2D eigenvalue weighted by Gasteiger charge is 2.44. The van der Waals surface area contributed by atoms with Gasteiger partial charge in [0.05, 0.1) is 11.8 Å². The number of carbonyl (C=O) groups is 1. The molecule has 0 N–H and O–H groups in total. The largest absolute Gasteiger partial charge is 0.435 e. The minimum Gasteiger partial charge on any atom is -0.271 e. The number of nitrogens with zero attached hydrogens (tertiary/aromatic N) is 4. The van der Waals surface area contributed by atoms with Crippen LogP contribution in [0.4, 0.5) is 13.2 Å². The van der Waals surface area contributed by atoms with Crippen LogP contribution in [0, 0.1) is 12.8 Å². The first-order valence-corrected chi connectivity index (χ1v) is 13.4. The molecular formula is C27H23Br2F3N4O. The van der Waals surface area contributed by atoms with E-state index in [0.29, 0.717) is 0 Å². The van der Waals surface area contributed by atoms with Crippen molar-refractivity contribution < 1.29 is 18.0 Å². The third kappa shape index (κ3) is 5.45. The van der Waals surface area contributed by atoms with E-state index in [4.69, 9.17) is 5.10 Å².